The maximum Gasteiger partial charge on any atom is 0.513 e. The molecule has 0 fully saturated rings. The third-order valence-electron chi connectivity index (χ3n) is 2.90. The van der Waals surface area contributed by atoms with Crippen LogP contribution < -0.4 is 4.74 Å². The number of aryl methyl sites for hydroxylation is 1. The molecule has 1 aromatic rings. The monoisotopic (exact) mass is 336 g/mol. The number of unbranched alkanes of at least 4 members (excludes halogenated alkanes) is 1. The summed E-state index contributed by atoms with van der Waals surface area (Å²) in [6, 6.07) is 6.61. The molecule has 0 saturated carbocycles. The van der Waals surface area contributed by atoms with E-state index in [9.17, 15) is 14.4 Å². The predicted octanol–water partition coefficient (Wildman–Crippen LogP) is 2.73. The summed E-state index contributed by atoms with van der Waals surface area (Å²) in [5.74, 6) is -1.08. The lowest BCUT2D eigenvalue weighted by Crippen LogP contribution is -2.12. The van der Waals surface area contributed by atoms with E-state index >= 15 is 0 Å². The second kappa shape index (κ2) is 10.8. The normalized spacial score (nSPS) is 9.83. The van der Waals surface area contributed by atoms with Gasteiger partial charge in [0.2, 0.25) is 0 Å². The zero-order valence-corrected chi connectivity index (χ0v) is 13.2. The van der Waals surface area contributed by atoms with Crippen LogP contribution in [0.5, 0.6) is 5.75 Å². The lowest BCUT2D eigenvalue weighted by Gasteiger charge is -2.07. The molecule has 0 unspecified atom stereocenters. The number of hydrogen-bond acceptors (Lipinski definition) is 6. The highest BCUT2D eigenvalue weighted by molar-refractivity contribution is 5.81. The molecule has 0 radical (unpaired) electrons. The zero-order chi connectivity index (χ0) is 17.8. The van der Waals surface area contributed by atoms with Gasteiger partial charge in [-0.05, 0) is 37.0 Å². The van der Waals surface area contributed by atoms with Gasteiger partial charge in [-0.3, -0.25) is 4.79 Å². The van der Waals surface area contributed by atoms with Gasteiger partial charge < -0.3 is 19.3 Å². The standard InChI is InChI=1S/C17H20O7/c1-2-16(20)22-10-3-4-11-23-17(21)24-14-7-5-6-13(12-14)8-9-15(18)19/h2,5-7,12H,1,3-4,8-11H2,(H,18,19). The van der Waals surface area contributed by atoms with E-state index in [1.165, 1.54) is 0 Å². The Balaban J connectivity index is 2.25. The topological polar surface area (TPSA) is 99.1 Å². The van der Waals surface area contributed by atoms with Gasteiger partial charge in [-0.1, -0.05) is 18.7 Å². The van der Waals surface area contributed by atoms with Crippen LogP contribution in [-0.4, -0.2) is 36.4 Å². The van der Waals surface area contributed by atoms with Crippen LogP contribution in [0.15, 0.2) is 36.9 Å². The Kier molecular flexibility index (Phi) is 8.67. The van der Waals surface area contributed by atoms with Crippen LogP contribution in [-0.2, 0) is 25.5 Å². The van der Waals surface area contributed by atoms with Crippen molar-refractivity contribution in [2.75, 3.05) is 13.2 Å². The summed E-state index contributed by atoms with van der Waals surface area (Å²) < 4.78 is 14.7. The summed E-state index contributed by atoms with van der Waals surface area (Å²) >= 11 is 0. The first kappa shape index (κ1) is 19.2. The molecule has 0 bridgehead atoms. The number of rotatable bonds is 10. The molecule has 1 N–H and O–H groups in total. The van der Waals surface area contributed by atoms with Crippen molar-refractivity contribution < 1.29 is 33.7 Å². The summed E-state index contributed by atoms with van der Waals surface area (Å²) in [6.45, 7) is 3.65. The summed E-state index contributed by atoms with van der Waals surface area (Å²) in [5.41, 5.74) is 0.756. The number of carbonyl (C=O) groups is 3. The Bertz CT molecular complexity index is 580. The Hall–Kier alpha value is -2.83. The molecule has 0 aromatic heterocycles. The second-order valence-electron chi connectivity index (χ2n) is 4.82. The molecule has 7 nitrogen and oxygen atoms in total. The third-order valence-corrected chi connectivity index (χ3v) is 2.90. The molecule has 0 aliphatic rings. The summed E-state index contributed by atoms with van der Waals surface area (Å²) in [7, 11) is 0. The van der Waals surface area contributed by atoms with Crippen molar-refractivity contribution in [3.05, 3.63) is 42.5 Å². The summed E-state index contributed by atoms with van der Waals surface area (Å²) in [6.07, 6.45) is 1.68. The number of carboxylic acid groups (broad SMARTS) is 1. The lowest BCUT2D eigenvalue weighted by molar-refractivity contribution is -0.138. The van der Waals surface area contributed by atoms with E-state index in [-0.39, 0.29) is 19.6 Å². The minimum absolute atomic E-state index is 0.00429. The van der Waals surface area contributed by atoms with E-state index in [1.807, 2.05) is 0 Å². The van der Waals surface area contributed by atoms with Gasteiger partial charge in [-0.15, -0.1) is 0 Å². The van der Waals surface area contributed by atoms with Crippen LogP contribution in [0.2, 0.25) is 0 Å². The maximum absolute atomic E-state index is 11.5. The second-order valence-corrected chi connectivity index (χ2v) is 4.82. The molecule has 1 aromatic carbocycles. The first-order valence-corrected chi connectivity index (χ1v) is 7.46. The molecule has 0 spiro atoms. The highest BCUT2D eigenvalue weighted by Gasteiger charge is 2.07. The highest BCUT2D eigenvalue weighted by Crippen LogP contribution is 2.15. The number of hydrogen-bond donors (Lipinski definition) is 1. The fourth-order valence-electron chi connectivity index (χ4n) is 1.73. The van der Waals surface area contributed by atoms with Crippen molar-refractivity contribution in [3.8, 4) is 5.75 Å². The highest BCUT2D eigenvalue weighted by atomic mass is 16.7. The maximum atomic E-state index is 11.5. The molecule has 7 heteroatoms. The van der Waals surface area contributed by atoms with E-state index in [0.717, 1.165) is 11.6 Å². The fraction of sp³-hybridized carbons (Fsp3) is 0.353. The average Bonchev–Trinajstić information content (AvgIpc) is 2.56. The Labute approximate surface area is 139 Å². The van der Waals surface area contributed by atoms with Gasteiger partial charge in [0.25, 0.3) is 0 Å². The van der Waals surface area contributed by atoms with Crippen molar-refractivity contribution in [1.82, 2.24) is 0 Å². The van der Waals surface area contributed by atoms with Gasteiger partial charge in [0.15, 0.2) is 0 Å². The van der Waals surface area contributed by atoms with E-state index < -0.39 is 18.1 Å². The first-order valence-electron chi connectivity index (χ1n) is 7.46. The van der Waals surface area contributed by atoms with Crippen LogP contribution in [0.3, 0.4) is 0 Å². The number of benzene rings is 1. The van der Waals surface area contributed by atoms with Crippen molar-refractivity contribution in [1.29, 1.82) is 0 Å². The van der Waals surface area contributed by atoms with Gasteiger partial charge in [0.05, 0.1) is 13.2 Å². The molecule has 0 saturated heterocycles. The van der Waals surface area contributed by atoms with Crippen LogP contribution >= 0.6 is 0 Å². The van der Waals surface area contributed by atoms with Gasteiger partial charge in [-0.2, -0.15) is 0 Å². The molecule has 0 atom stereocenters. The van der Waals surface area contributed by atoms with Crippen LogP contribution in [0, 0.1) is 0 Å². The molecule has 0 amide bonds. The van der Waals surface area contributed by atoms with Gasteiger partial charge >= 0.3 is 18.1 Å². The quantitative estimate of drug-likeness (QED) is 0.303. The predicted molar refractivity (Wildman–Crippen MR) is 84.8 cm³/mol. The SMILES string of the molecule is C=CC(=O)OCCCCOC(=O)Oc1cccc(CCC(=O)O)c1. The molecular weight excluding hydrogens is 316 g/mol. The van der Waals surface area contributed by atoms with Crippen molar-refractivity contribution in [2.24, 2.45) is 0 Å². The van der Waals surface area contributed by atoms with E-state index in [4.69, 9.17) is 19.3 Å². The fourth-order valence-corrected chi connectivity index (χ4v) is 1.73. The van der Waals surface area contributed by atoms with Crippen molar-refractivity contribution in [3.63, 3.8) is 0 Å². The average molecular weight is 336 g/mol. The van der Waals surface area contributed by atoms with Crippen molar-refractivity contribution in [2.45, 2.75) is 25.7 Å². The van der Waals surface area contributed by atoms with Crippen LogP contribution in [0.4, 0.5) is 4.79 Å². The smallest absolute Gasteiger partial charge is 0.481 e. The summed E-state index contributed by atoms with van der Waals surface area (Å²) in [5, 5.41) is 8.65. The van der Waals surface area contributed by atoms with Gasteiger partial charge in [0.1, 0.15) is 5.75 Å². The minimum atomic E-state index is -0.889. The largest absolute Gasteiger partial charge is 0.513 e. The molecule has 0 aliphatic carbocycles. The van der Waals surface area contributed by atoms with Gasteiger partial charge in [-0.25, -0.2) is 9.59 Å². The Morgan fingerprint density at radius 2 is 1.83 bits per heavy atom. The Morgan fingerprint density at radius 1 is 1.12 bits per heavy atom. The molecule has 0 aliphatic heterocycles. The number of esters is 1. The first-order chi connectivity index (χ1) is 11.5. The number of ether oxygens (including phenoxy) is 3. The Morgan fingerprint density at radius 3 is 2.50 bits per heavy atom. The van der Waals surface area contributed by atoms with Crippen molar-refractivity contribution >= 4 is 18.1 Å². The van der Waals surface area contributed by atoms with Crippen LogP contribution in [0.1, 0.15) is 24.8 Å². The molecule has 24 heavy (non-hydrogen) atoms. The number of carboxylic acids is 1. The lowest BCUT2D eigenvalue weighted by atomic mass is 10.1. The van der Waals surface area contributed by atoms with E-state index in [1.54, 1.807) is 24.3 Å². The van der Waals surface area contributed by atoms with Crippen LogP contribution in [0.25, 0.3) is 0 Å². The molecule has 0 heterocycles. The van der Waals surface area contributed by atoms with E-state index in [0.29, 0.717) is 25.0 Å². The molecular formula is C17H20O7. The minimum Gasteiger partial charge on any atom is -0.481 e. The number of aliphatic carboxylic acids is 1. The molecule has 130 valence electrons. The number of carbonyl (C=O) groups excluding carboxylic acids is 2. The van der Waals surface area contributed by atoms with Gasteiger partial charge in [0, 0.05) is 12.5 Å². The third kappa shape index (κ3) is 8.57. The molecule has 1 rings (SSSR count). The van der Waals surface area contributed by atoms with E-state index in [2.05, 4.69) is 6.58 Å². The summed E-state index contributed by atoms with van der Waals surface area (Å²) in [4.78, 5) is 32.9. The zero-order valence-electron chi connectivity index (χ0n) is 13.2.